The number of rotatable bonds is 8. The molecule has 1 aromatic rings. The molecule has 0 aliphatic carbocycles. The zero-order valence-corrected chi connectivity index (χ0v) is 13.8. The Morgan fingerprint density at radius 2 is 1.88 bits per heavy atom. The summed E-state index contributed by atoms with van der Waals surface area (Å²) < 4.78 is 5.49. The summed E-state index contributed by atoms with van der Waals surface area (Å²) >= 11 is 0. The van der Waals surface area contributed by atoms with Gasteiger partial charge in [0.1, 0.15) is 5.75 Å². The van der Waals surface area contributed by atoms with E-state index in [1.54, 1.807) is 6.08 Å². The Morgan fingerprint density at radius 3 is 2.50 bits per heavy atom. The van der Waals surface area contributed by atoms with Crippen LogP contribution in [0.25, 0.3) is 6.08 Å². The Bertz CT molecular complexity index is 606. The van der Waals surface area contributed by atoms with Crippen LogP contribution < -0.4 is 10.1 Å². The number of ether oxygens (including phenoxy) is 1. The molecule has 0 bridgehead atoms. The Labute approximate surface area is 141 Å². The summed E-state index contributed by atoms with van der Waals surface area (Å²) in [5.74, 6) is 0.198. The van der Waals surface area contributed by atoms with Crippen LogP contribution in [0.15, 0.2) is 30.3 Å². The first kappa shape index (κ1) is 17.7. The summed E-state index contributed by atoms with van der Waals surface area (Å²) in [4.78, 5) is 35.8. The molecule has 0 atom stereocenters. The van der Waals surface area contributed by atoms with Crippen LogP contribution in [0, 0.1) is 0 Å². The third-order valence-corrected chi connectivity index (χ3v) is 3.57. The summed E-state index contributed by atoms with van der Waals surface area (Å²) in [6.45, 7) is 3.20. The van der Waals surface area contributed by atoms with Crippen LogP contribution in [0.2, 0.25) is 0 Å². The molecule has 0 aromatic heterocycles. The van der Waals surface area contributed by atoms with Crippen molar-refractivity contribution in [3.05, 3.63) is 35.9 Å². The first-order valence-corrected chi connectivity index (χ1v) is 8.12. The summed E-state index contributed by atoms with van der Waals surface area (Å²) in [6, 6.07) is 7.46. The minimum Gasteiger partial charge on any atom is -0.494 e. The maximum absolute atomic E-state index is 11.8. The molecule has 1 aliphatic heterocycles. The van der Waals surface area contributed by atoms with Crippen LogP contribution in [0.3, 0.4) is 0 Å². The lowest BCUT2D eigenvalue weighted by Crippen LogP contribution is -2.37. The van der Waals surface area contributed by atoms with Crippen molar-refractivity contribution in [2.24, 2.45) is 0 Å². The fourth-order valence-corrected chi connectivity index (χ4v) is 2.29. The number of amides is 3. The molecule has 0 spiro atoms. The molecule has 0 radical (unpaired) electrons. The van der Waals surface area contributed by atoms with Crippen LogP contribution in [-0.2, 0) is 14.4 Å². The van der Waals surface area contributed by atoms with Crippen molar-refractivity contribution < 1.29 is 19.1 Å². The zero-order valence-electron chi connectivity index (χ0n) is 13.8. The number of likely N-dealkylation sites (tertiary alicyclic amines) is 1. The largest absolute Gasteiger partial charge is 0.494 e. The van der Waals surface area contributed by atoms with Gasteiger partial charge in [-0.25, -0.2) is 0 Å². The van der Waals surface area contributed by atoms with E-state index >= 15 is 0 Å². The second-order valence-corrected chi connectivity index (χ2v) is 5.48. The molecule has 1 heterocycles. The molecule has 128 valence electrons. The lowest BCUT2D eigenvalue weighted by atomic mass is 10.2. The number of benzene rings is 1. The average molecular weight is 330 g/mol. The van der Waals surface area contributed by atoms with Crippen LogP contribution in [0.1, 0.15) is 31.7 Å². The van der Waals surface area contributed by atoms with Crippen molar-refractivity contribution in [3.63, 3.8) is 0 Å². The van der Waals surface area contributed by atoms with E-state index in [4.69, 9.17) is 4.74 Å². The molecule has 1 aromatic carbocycles. The Hall–Kier alpha value is -2.63. The van der Waals surface area contributed by atoms with Crippen LogP contribution in [0.4, 0.5) is 0 Å². The maximum atomic E-state index is 11.8. The number of imide groups is 1. The number of hydrogen-bond acceptors (Lipinski definition) is 4. The molecule has 1 aliphatic rings. The predicted octanol–water partition coefficient (Wildman–Crippen LogP) is 1.75. The third kappa shape index (κ3) is 5.22. The second-order valence-electron chi connectivity index (χ2n) is 5.48. The van der Waals surface area contributed by atoms with Gasteiger partial charge in [-0.15, -0.1) is 0 Å². The van der Waals surface area contributed by atoms with E-state index in [-0.39, 0.29) is 43.7 Å². The maximum Gasteiger partial charge on any atom is 0.244 e. The number of hydrogen-bond donors (Lipinski definition) is 1. The van der Waals surface area contributed by atoms with E-state index in [1.807, 2.05) is 31.2 Å². The highest BCUT2D eigenvalue weighted by molar-refractivity contribution is 6.02. The first-order valence-electron chi connectivity index (χ1n) is 8.12. The van der Waals surface area contributed by atoms with Gasteiger partial charge in [0.25, 0.3) is 0 Å². The van der Waals surface area contributed by atoms with Gasteiger partial charge >= 0.3 is 0 Å². The minimum atomic E-state index is -0.264. The normalized spacial score (nSPS) is 14.5. The standard InChI is InChI=1S/C18H22N2O4/c1-2-13-24-15-6-3-14(4-7-15)5-8-16(21)19-11-12-20-17(22)9-10-18(20)23/h3-8H,2,9-13H2,1H3,(H,19,21). The quantitative estimate of drug-likeness (QED) is 0.582. The Balaban J connectivity index is 1.74. The fraction of sp³-hybridized carbons (Fsp3) is 0.389. The van der Waals surface area contributed by atoms with E-state index in [1.165, 1.54) is 11.0 Å². The summed E-state index contributed by atoms with van der Waals surface area (Å²) in [6.07, 6.45) is 4.62. The van der Waals surface area contributed by atoms with Gasteiger partial charge in [-0.2, -0.15) is 0 Å². The molecule has 1 N–H and O–H groups in total. The van der Waals surface area contributed by atoms with Crippen LogP contribution >= 0.6 is 0 Å². The highest BCUT2D eigenvalue weighted by Crippen LogP contribution is 2.13. The molecule has 24 heavy (non-hydrogen) atoms. The van der Waals surface area contributed by atoms with Crippen LogP contribution in [0.5, 0.6) is 5.75 Å². The van der Waals surface area contributed by atoms with Crippen molar-refractivity contribution in [1.82, 2.24) is 10.2 Å². The SMILES string of the molecule is CCCOc1ccc(C=CC(=O)NCCN2C(=O)CCC2=O)cc1. The molecule has 2 rings (SSSR count). The van der Waals surface area contributed by atoms with E-state index in [2.05, 4.69) is 5.32 Å². The molecule has 1 fully saturated rings. The van der Waals surface area contributed by atoms with Gasteiger partial charge in [0.2, 0.25) is 17.7 Å². The van der Waals surface area contributed by atoms with Crippen LogP contribution in [-0.4, -0.2) is 42.3 Å². The van der Waals surface area contributed by atoms with E-state index in [0.717, 1.165) is 17.7 Å². The highest BCUT2D eigenvalue weighted by atomic mass is 16.5. The van der Waals surface area contributed by atoms with Gasteiger partial charge in [-0.3, -0.25) is 19.3 Å². The van der Waals surface area contributed by atoms with E-state index in [9.17, 15) is 14.4 Å². The molecular weight excluding hydrogens is 308 g/mol. The summed E-state index contributed by atoms with van der Waals surface area (Å²) in [7, 11) is 0. The molecule has 0 saturated carbocycles. The highest BCUT2D eigenvalue weighted by Gasteiger charge is 2.27. The predicted molar refractivity (Wildman–Crippen MR) is 90.2 cm³/mol. The van der Waals surface area contributed by atoms with Crippen molar-refractivity contribution in [2.45, 2.75) is 26.2 Å². The molecule has 0 unspecified atom stereocenters. The average Bonchev–Trinajstić information content (AvgIpc) is 2.91. The lowest BCUT2D eigenvalue weighted by molar-refractivity contribution is -0.138. The van der Waals surface area contributed by atoms with Gasteiger partial charge in [-0.05, 0) is 30.2 Å². The second kappa shape index (κ2) is 8.86. The molecule has 6 heteroatoms. The fourth-order valence-electron chi connectivity index (χ4n) is 2.29. The Kier molecular flexibility index (Phi) is 6.54. The number of nitrogens with zero attached hydrogens (tertiary/aromatic N) is 1. The number of nitrogens with one attached hydrogen (secondary N) is 1. The van der Waals surface area contributed by atoms with Crippen molar-refractivity contribution in [3.8, 4) is 5.75 Å². The molecule has 3 amide bonds. The van der Waals surface area contributed by atoms with Crippen molar-refractivity contribution >= 4 is 23.8 Å². The van der Waals surface area contributed by atoms with Crippen molar-refractivity contribution in [2.75, 3.05) is 19.7 Å². The smallest absolute Gasteiger partial charge is 0.244 e. The third-order valence-electron chi connectivity index (χ3n) is 3.57. The van der Waals surface area contributed by atoms with Gasteiger partial charge < -0.3 is 10.1 Å². The molecule has 1 saturated heterocycles. The lowest BCUT2D eigenvalue weighted by Gasteiger charge is -2.13. The van der Waals surface area contributed by atoms with Gasteiger partial charge in [-0.1, -0.05) is 19.1 Å². The van der Waals surface area contributed by atoms with Gasteiger partial charge in [0.15, 0.2) is 0 Å². The number of carbonyl (C=O) groups excluding carboxylic acids is 3. The zero-order chi connectivity index (χ0) is 17.4. The van der Waals surface area contributed by atoms with E-state index < -0.39 is 0 Å². The first-order chi connectivity index (χ1) is 11.6. The van der Waals surface area contributed by atoms with Crippen molar-refractivity contribution in [1.29, 1.82) is 0 Å². The number of carbonyl (C=O) groups is 3. The monoisotopic (exact) mass is 330 g/mol. The van der Waals surface area contributed by atoms with E-state index in [0.29, 0.717) is 6.61 Å². The summed E-state index contributed by atoms with van der Waals surface area (Å²) in [5, 5.41) is 2.66. The van der Waals surface area contributed by atoms with Gasteiger partial charge in [0, 0.05) is 32.0 Å². The minimum absolute atomic E-state index is 0.171. The van der Waals surface area contributed by atoms with Gasteiger partial charge in [0.05, 0.1) is 6.61 Å². The topological polar surface area (TPSA) is 75.7 Å². The molecular formula is C18H22N2O4. The Morgan fingerprint density at radius 1 is 1.21 bits per heavy atom. The molecule has 6 nitrogen and oxygen atoms in total. The summed E-state index contributed by atoms with van der Waals surface area (Å²) in [5.41, 5.74) is 0.888.